The van der Waals surface area contributed by atoms with Gasteiger partial charge >= 0.3 is 5.97 Å². The quantitative estimate of drug-likeness (QED) is 0.592. The first-order valence-corrected chi connectivity index (χ1v) is 8.74. The highest BCUT2D eigenvalue weighted by Crippen LogP contribution is 2.23. The molecular formula is C19H25N3O5. The Kier molecular flexibility index (Phi) is 6.95. The normalized spacial score (nSPS) is 14.0. The van der Waals surface area contributed by atoms with Crippen molar-refractivity contribution in [3.63, 3.8) is 0 Å². The van der Waals surface area contributed by atoms with Gasteiger partial charge in [0.2, 0.25) is 5.91 Å². The minimum absolute atomic E-state index is 0.0630. The Morgan fingerprint density at radius 1 is 1.22 bits per heavy atom. The van der Waals surface area contributed by atoms with Gasteiger partial charge in [-0.05, 0) is 30.2 Å². The number of ether oxygens (including phenoxy) is 1. The van der Waals surface area contributed by atoms with E-state index in [4.69, 9.17) is 9.84 Å². The molecule has 0 spiro atoms. The van der Waals surface area contributed by atoms with E-state index in [1.165, 1.54) is 12.0 Å². The fourth-order valence-electron chi connectivity index (χ4n) is 2.71. The SMILES string of the molecule is COC(=O)C1=C(Nc2ccc(NC(=O)CC(C)C)cc2)C(=O)N(CCO)C1. The number of amides is 2. The molecule has 1 aromatic rings. The molecule has 0 saturated carbocycles. The van der Waals surface area contributed by atoms with E-state index >= 15 is 0 Å². The van der Waals surface area contributed by atoms with Crippen molar-refractivity contribution in [3.05, 3.63) is 35.5 Å². The van der Waals surface area contributed by atoms with Gasteiger partial charge in [-0.3, -0.25) is 9.59 Å². The Labute approximate surface area is 158 Å². The maximum atomic E-state index is 12.5. The first-order chi connectivity index (χ1) is 12.8. The number of benzene rings is 1. The largest absolute Gasteiger partial charge is 0.466 e. The molecule has 0 radical (unpaired) electrons. The number of carbonyl (C=O) groups is 3. The molecule has 2 rings (SSSR count). The highest BCUT2D eigenvalue weighted by atomic mass is 16.5. The number of aliphatic hydroxyl groups excluding tert-OH is 1. The monoisotopic (exact) mass is 375 g/mol. The molecule has 0 fully saturated rings. The van der Waals surface area contributed by atoms with Crippen molar-refractivity contribution in [2.75, 3.05) is 37.4 Å². The molecule has 8 nitrogen and oxygen atoms in total. The lowest BCUT2D eigenvalue weighted by atomic mass is 10.1. The van der Waals surface area contributed by atoms with E-state index in [9.17, 15) is 14.4 Å². The molecule has 0 unspecified atom stereocenters. The minimum atomic E-state index is -0.594. The van der Waals surface area contributed by atoms with Crippen LogP contribution in [0.2, 0.25) is 0 Å². The third-order valence-electron chi connectivity index (χ3n) is 3.99. The number of aliphatic hydroxyl groups is 1. The molecule has 0 saturated heterocycles. The molecule has 0 bridgehead atoms. The summed E-state index contributed by atoms with van der Waals surface area (Å²) >= 11 is 0. The van der Waals surface area contributed by atoms with E-state index in [-0.39, 0.29) is 48.7 Å². The molecular weight excluding hydrogens is 350 g/mol. The van der Waals surface area contributed by atoms with Crippen LogP contribution in [-0.2, 0) is 19.1 Å². The molecule has 27 heavy (non-hydrogen) atoms. The molecule has 146 valence electrons. The van der Waals surface area contributed by atoms with Crippen molar-refractivity contribution in [1.82, 2.24) is 4.90 Å². The topological polar surface area (TPSA) is 108 Å². The van der Waals surface area contributed by atoms with Crippen LogP contribution >= 0.6 is 0 Å². The van der Waals surface area contributed by atoms with E-state index in [0.29, 0.717) is 17.8 Å². The van der Waals surface area contributed by atoms with Crippen molar-refractivity contribution in [2.45, 2.75) is 20.3 Å². The van der Waals surface area contributed by atoms with Gasteiger partial charge in [0.1, 0.15) is 5.70 Å². The van der Waals surface area contributed by atoms with Gasteiger partial charge in [0.15, 0.2) is 0 Å². The zero-order valence-corrected chi connectivity index (χ0v) is 15.7. The van der Waals surface area contributed by atoms with Crippen LogP contribution in [0.25, 0.3) is 0 Å². The molecule has 1 aromatic carbocycles. The number of nitrogens with zero attached hydrogens (tertiary/aromatic N) is 1. The van der Waals surface area contributed by atoms with E-state index in [2.05, 4.69) is 10.6 Å². The summed E-state index contributed by atoms with van der Waals surface area (Å²) in [5.41, 5.74) is 1.58. The number of nitrogens with one attached hydrogen (secondary N) is 2. The van der Waals surface area contributed by atoms with Crippen LogP contribution < -0.4 is 10.6 Å². The van der Waals surface area contributed by atoms with Crippen molar-refractivity contribution in [3.8, 4) is 0 Å². The third kappa shape index (κ3) is 5.30. The number of β-amino-alcohol motifs (C(OH)–C–C–N with tert-alkyl or cyclic N) is 1. The second kappa shape index (κ2) is 9.18. The van der Waals surface area contributed by atoms with Gasteiger partial charge in [0, 0.05) is 24.3 Å². The predicted octanol–water partition coefficient (Wildman–Crippen LogP) is 1.34. The zero-order valence-electron chi connectivity index (χ0n) is 15.7. The summed E-state index contributed by atoms with van der Waals surface area (Å²) in [7, 11) is 1.25. The van der Waals surface area contributed by atoms with Gasteiger partial charge < -0.3 is 25.4 Å². The molecule has 3 N–H and O–H groups in total. The molecule has 0 atom stereocenters. The van der Waals surface area contributed by atoms with Crippen LogP contribution in [0.3, 0.4) is 0 Å². The van der Waals surface area contributed by atoms with Gasteiger partial charge in [-0.1, -0.05) is 13.8 Å². The highest BCUT2D eigenvalue weighted by molar-refractivity contribution is 6.08. The maximum absolute atomic E-state index is 12.5. The average molecular weight is 375 g/mol. The zero-order chi connectivity index (χ0) is 20.0. The number of anilines is 2. The van der Waals surface area contributed by atoms with Gasteiger partial charge in [0.25, 0.3) is 5.91 Å². The van der Waals surface area contributed by atoms with E-state index < -0.39 is 5.97 Å². The van der Waals surface area contributed by atoms with Gasteiger partial charge in [-0.25, -0.2) is 4.79 Å². The predicted molar refractivity (Wildman–Crippen MR) is 101 cm³/mol. The number of rotatable bonds is 8. The summed E-state index contributed by atoms with van der Waals surface area (Å²) in [4.78, 5) is 37.6. The third-order valence-corrected chi connectivity index (χ3v) is 3.99. The van der Waals surface area contributed by atoms with E-state index in [1.54, 1.807) is 24.3 Å². The fraction of sp³-hybridized carbons (Fsp3) is 0.421. The lowest BCUT2D eigenvalue weighted by Gasteiger charge is -2.15. The maximum Gasteiger partial charge on any atom is 0.337 e. The molecule has 0 aliphatic carbocycles. The lowest BCUT2D eigenvalue weighted by molar-refractivity contribution is -0.136. The summed E-state index contributed by atoms with van der Waals surface area (Å²) < 4.78 is 4.75. The highest BCUT2D eigenvalue weighted by Gasteiger charge is 2.34. The number of carbonyl (C=O) groups excluding carboxylic acids is 3. The van der Waals surface area contributed by atoms with Gasteiger partial charge in [-0.15, -0.1) is 0 Å². The van der Waals surface area contributed by atoms with Crippen molar-refractivity contribution in [1.29, 1.82) is 0 Å². The van der Waals surface area contributed by atoms with Crippen LogP contribution in [-0.4, -0.2) is 54.6 Å². The Morgan fingerprint density at radius 2 is 1.85 bits per heavy atom. The Morgan fingerprint density at radius 3 is 2.41 bits per heavy atom. The van der Waals surface area contributed by atoms with E-state index in [0.717, 1.165) is 0 Å². The first-order valence-electron chi connectivity index (χ1n) is 8.74. The molecule has 1 aliphatic rings. The first kappa shape index (κ1) is 20.4. The standard InChI is InChI=1S/C19H25N3O5/c1-12(2)10-16(24)20-13-4-6-14(7-5-13)21-17-15(19(26)27-3)11-22(8-9-23)18(17)25/h4-7,12,21,23H,8-11H2,1-3H3,(H,20,24). The fourth-order valence-corrected chi connectivity index (χ4v) is 2.71. The van der Waals surface area contributed by atoms with Crippen LogP contribution in [0.15, 0.2) is 35.5 Å². The van der Waals surface area contributed by atoms with Crippen molar-refractivity contribution < 1.29 is 24.2 Å². The Bertz CT molecular complexity index is 740. The van der Waals surface area contributed by atoms with Crippen LogP contribution in [0, 0.1) is 5.92 Å². The summed E-state index contributed by atoms with van der Waals surface area (Å²) in [5.74, 6) is -0.764. The van der Waals surface area contributed by atoms with Crippen LogP contribution in [0.1, 0.15) is 20.3 Å². The number of hydrogen-bond acceptors (Lipinski definition) is 6. The number of hydrogen-bond donors (Lipinski definition) is 3. The minimum Gasteiger partial charge on any atom is -0.466 e. The molecule has 1 heterocycles. The lowest BCUT2D eigenvalue weighted by Crippen LogP contribution is -2.31. The smallest absolute Gasteiger partial charge is 0.337 e. The van der Waals surface area contributed by atoms with Gasteiger partial charge in [0.05, 0.1) is 25.8 Å². The Hall–Kier alpha value is -2.87. The summed E-state index contributed by atoms with van der Waals surface area (Å²) in [6.45, 7) is 3.96. The molecule has 1 aliphatic heterocycles. The number of esters is 1. The van der Waals surface area contributed by atoms with Crippen LogP contribution in [0.5, 0.6) is 0 Å². The summed E-state index contributed by atoms with van der Waals surface area (Å²) in [6.07, 6.45) is 0.435. The summed E-state index contributed by atoms with van der Waals surface area (Å²) in [5, 5.41) is 14.8. The average Bonchev–Trinajstić information content (AvgIpc) is 2.92. The molecule has 0 aromatic heterocycles. The van der Waals surface area contributed by atoms with Crippen molar-refractivity contribution >= 4 is 29.2 Å². The molecule has 2 amide bonds. The number of methoxy groups -OCH3 is 1. The second-order valence-corrected chi connectivity index (χ2v) is 6.64. The second-order valence-electron chi connectivity index (χ2n) is 6.64. The summed E-state index contributed by atoms with van der Waals surface area (Å²) in [6, 6.07) is 6.83. The van der Waals surface area contributed by atoms with E-state index in [1.807, 2.05) is 13.8 Å². The molecule has 8 heteroatoms. The Balaban J connectivity index is 2.12. The van der Waals surface area contributed by atoms with Gasteiger partial charge in [-0.2, -0.15) is 0 Å². The van der Waals surface area contributed by atoms with Crippen LogP contribution in [0.4, 0.5) is 11.4 Å². The van der Waals surface area contributed by atoms with Crippen molar-refractivity contribution in [2.24, 2.45) is 5.92 Å².